The molecule has 0 aliphatic carbocycles. The summed E-state index contributed by atoms with van der Waals surface area (Å²) in [5, 5.41) is 8.78. The van der Waals surface area contributed by atoms with E-state index < -0.39 is 0 Å². The molecule has 31 heavy (non-hydrogen) atoms. The standard InChI is InChI=1S/C23H24ClN3O3S/c1-15-12-19(9-10-20(15)24)30-11-3-4-22(29)27-23-26-21(14-31-23)18-7-5-17(6-8-18)13-25-16(2)28/h5-10,12,14H,3-4,11,13H2,1-2H3,(H,25,28)(H,26,27,29). The molecule has 1 heterocycles. The van der Waals surface area contributed by atoms with Gasteiger partial charge in [-0.3, -0.25) is 9.59 Å². The Morgan fingerprint density at radius 3 is 2.65 bits per heavy atom. The van der Waals surface area contributed by atoms with Gasteiger partial charge in [0.1, 0.15) is 5.75 Å². The Morgan fingerprint density at radius 1 is 1.16 bits per heavy atom. The molecule has 8 heteroatoms. The summed E-state index contributed by atoms with van der Waals surface area (Å²) in [5.74, 6) is 0.591. The minimum Gasteiger partial charge on any atom is -0.494 e. The molecule has 2 amide bonds. The minimum absolute atomic E-state index is 0.0596. The third-order valence-corrected chi connectivity index (χ3v) is 5.67. The zero-order chi connectivity index (χ0) is 22.2. The molecule has 0 saturated carbocycles. The zero-order valence-corrected chi connectivity index (χ0v) is 19.0. The first-order chi connectivity index (χ1) is 14.9. The highest BCUT2D eigenvalue weighted by molar-refractivity contribution is 7.14. The van der Waals surface area contributed by atoms with Crippen molar-refractivity contribution in [3.05, 3.63) is 64.0 Å². The van der Waals surface area contributed by atoms with Crippen LogP contribution in [0.3, 0.4) is 0 Å². The maximum atomic E-state index is 12.2. The molecule has 3 aromatic rings. The molecular weight excluding hydrogens is 434 g/mol. The van der Waals surface area contributed by atoms with E-state index in [4.69, 9.17) is 16.3 Å². The molecule has 2 N–H and O–H groups in total. The van der Waals surface area contributed by atoms with E-state index in [9.17, 15) is 9.59 Å². The maximum Gasteiger partial charge on any atom is 0.226 e. The Hall–Kier alpha value is -2.90. The lowest BCUT2D eigenvalue weighted by molar-refractivity contribution is -0.119. The van der Waals surface area contributed by atoms with E-state index in [2.05, 4.69) is 15.6 Å². The SMILES string of the molecule is CC(=O)NCc1ccc(-c2csc(NC(=O)CCCOc3ccc(Cl)c(C)c3)n2)cc1. The molecule has 0 bridgehead atoms. The molecule has 1 aromatic heterocycles. The van der Waals surface area contributed by atoms with E-state index in [0.717, 1.165) is 28.1 Å². The Balaban J connectivity index is 1.44. The van der Waals surface area contributed by atoms with Crippen molar-refractivity contribution in [3.8, 4) is 17.0 Å². The predicted octanol–water partition coefficient (Wildman–Crippen LogP) is 5.21. The molecule has 0 fully saturated rings. The van der Waals surface area contributed by atoms with Gasteiger partial charge < -0.3 is 15.4 Å². The lowest BCUT2D eigenvalue weighted by atomic mass is 10.1. The Bertz CT molecular complexity index is 1050. The number of aromatic nitrogens is 1. The molecule has 162 valence electrons. The van der Waals surface area contributed by atoms with Crippen LogP contribution in [-0.4, -0.2) is 23.4 Å². The Morgan fingerprint density at radius 2 is 1.94 bits per heavy atom. The predicted molar refractivity (Wildman–Crippen MR) is 125 cm³/mol. The summed E-state index contributed by atoms with van der Waals surface area (Å²) in [5.41, 5.74) is 3.72. The van der Waals surface area contributed by atoms with E-state index in [-0.39, 0.29) is 11.8 Å². The van der Waals surface area contributed by atoms with Gasteiger partial charge in [0.15, 0.2) is 5.13 Å². The van der Waals surface area contributed by atoms with Gasteiger partial charge in [-0.05, 0) is 42.7 Å². The smallest absolute Gasteiger partial charge is 0.226 e. The number of anilines is 1. The topological polar surface area (TPSA) is 80.3 Å². The van der Waals surface area contributed by atoms with E-state index in [1.165, 1.54) is 18.3 Å². The quantitative estimate of drug-likeness (QED) is 0.432. The number of benzene rings is 2. The second-order valence-electron chi connectivity index (χ2n) is 7.06. The van der Waals surface area contributed by atoms with Crippen LogP contribution in [0.2, 0.25) is 5.02 Å². The number of carbonyl (C=O) groups is 2. The fourth-order valence-electron chi connectivity index (χ4n) is 2.80. The van der Waals surface area contributed by atoms with Gasteiger partial charge in [0.25, 0.3) is 0 Å². The van der Waals surface area contributed by atoms with Crippen LogP contribution in [0.1, 0.15) is 30.9 Å². The van der Waals surface area contributed by atoms with Gasteiger partial charge in [-0.25, -0.2) is 4.98 Å². The number of carbonyl (C=O) groups excluding carboxylic acids is 2. The van der Waals surface area contributed by atoms with Crippen molar-refractivity contribution in [1.29, 1.82) is 0 Å². The highest BCUT2D eigenvalue weighted by Crippen LogP contribution is 2.25. The van der Waals surface area contributed by atoms with Crippen LogP contribution in [0, 0.1) is 6.92 Å². The highest BCUT2D eigenvalue weighted by atomic mass is 35.5. The van der Waals surface area contributed by atoms with Gasteiger partial charge >= 0.3 is 0 Å². The van der Waals surface area contributed by atoms with Crippen molar-refractivity contribution in [3.63, 3.8) is 0 Å². The summed E-state index contributed by atoms with van der Waals surface area (Å²) in [6, 6.07) is 13.3. The first-order valence-electron chi connectivity index (χ1n) is 9.89. The molecule has 0 radical (unpaired) electrons. The lowest BCUT2D eigenvalue weighted by Crippen LogP contribution is -2.18. The van der Waals surface area contributed by atoms with Gasteiger partial charge in [-0.1, -0.05) is 35.9 Å². The van der Waals surface area contributed by atoms with Crippen LogP contribution in [-0.2, 0) is 16.1 Å². The monoisotopic (exact) mass is 457 g/mol. The van der Waals surface area contributed by atoms with Gasteiger partial charge in [-0.15, -0.1) is 11.3 Å². The number of halogens is 1. The fourth-order valence-corrected chi connectivity index (χ4v) is 3.65. The third-order valence-electron chi connectivity index (χ3n) is 4.49. The fraction of sp³-hybridized carbons (Fsp3) is 0.261. The molecule has 0 spiro atoms. The molecule has 2 aromatic carbocycles. The maximum absolute atomic E-state index is 12.2. The first kappa shape index (κ1) is 22.8. The molecule has 0 saturated heterocycles. The number of ether oxygens (including phenoxy) is 1. The van der Waals surface area contributed by atoms with Crippen LogP contribution in [0.5, 0.6) is 5.75 Å². The van der Waals surface area contributed by atoms with Crippen LogP contribution >= 0.6 is 22.9 Å². The average molecular weight is 458 g/mol. The minimum atomic E-state index is -0.0950. The molecule has 6 nitrogen and oxygen atoms in total. The number of rotatable bonds is 9. The van der Waals surface area contributed by atoms with Gasteiger partial charge in [0.2, 0.25) is 11.8 Å². The van der Waals surface area contributed by atoms with E-state index in [1.54, 1.807) is 6.07 Å². The number of amides is 2. The zero-order valence-electron chi connectivity index (χ0n) is 17.4. The van der Waals surface area contributed by atoms with Crippen molar-refractivity contribution < 1.29 is 14.3 Å². The summed E-state index contributed by atoms with van der Waals surface area (Å²) in [6.07, 6.45) is 0.945. The van der Waals surface area contributed by atoms with Crippen molar-refractivity contribution in [1.82, 2.24) is 10.3 Å². The van der Waals surface area contributed by atoms with Crippen LogP contribution in [0.15, 0.2) is 47.8 Å². The third kappa shape index (κ3) is 7.08. The molecule has 0 unspecified atom stereocenters. The first-order valence-corrected chi connectivity index (χ1v) is 11.1. The number of nitrogens with zero attached hydrogens (tertiary/aromatic N) is 1. The highest BCUT2D eigenvalue weighted by Gasteiger charge is 2.09. The second kappa shape index (κ2) is 10.9. The van der Waals surface area contributed by atoms with Crippen LogP contribution < -0.4 is 15.4 Å². The largest absolute Gasteiger partial charge is 0.494 e. The summed E-state index contributed by atoms with van der Waals surface area (Å²) in [6.45, 7) is 4.36. The number of hydrogen-bond acceptors (Lipinski definition) is 5. The average Bonchev–Trinajstić information content (AvgIpc) is 3.21. The number of hydrogen-bond donors (Lipinski definition) is 2. The van der Waals surface area contributed by atoms with Gasteiger partial charge in [0, 0.05) is 35.9 Å². The molecule has 3 rings (SSSR count). The Labute approximate surface area is 190 Å². The summed E-state index contributed by atoms with van der Waals surface area (Å²) >= 11 is 7.39. The second-order valence-corrected chi connectivity index (χ2v) is 8.32. The number of nitrogens with one attached hydrogen (secondary N) is 2. The van der Waals surface area contributed by atoms with Crippen molar-refractivity contribution >= 4 is 39.9 Å². The van der Waals surface area contributed by atoms with Gasteiger partial charge in [-0.2, -0.15) is 0 Å². The van der Waals surface area contributed by atoms with E-state index in [1.807, 2.05) is 48.7 Å². The molecule has 0 aliphatic heterocycles. The Kier molecular flexibility index (Phi) is 8.03. The molecular formula is C23H24ClN3O3S. The van der Waals surface area contributed by atoms with Crippen molar-refractivity contribution in [2.45, 2.75) is 33.2 Å². The lowest BCUT2D eigenvalue weighted by Gasteiger charge is -2.07. The van der Waals surface area contributed by atoms with Gasteiger partial charge in [0.05, 0.1) is 12.3 Å². The van der Waals surface area contributed by atoms with Crippen LogP contribution in [0.25, 0.3) is 11.3 Å². The van der Waals surface area contributed by atoms with E-state index >= 15 is 0 Å². The summed E-state index contributed by atoms with van der Waals surface area (Å²) in [7, 11) is 0. The summed E-state index contributed by atoms with van der Waals surface area (Å²) < 4.78 is 5.67. The summed E-state index contributed by atoms with van der Waals surface area (Å²) in [4.78, 5) is 27.7. The van der Waals surface area contributed by atoms with E-state index in [0.29, 0.717) is 36.1 Å². The number of aryl methyl sites for hydroxylation is 1. The van der Waals surface area contributed by atoms with Crippen molar-refractivity contribution in [2.75, 3.05) is 11.9 Å². The van der Waals surface area contributed by atoms with Crippen LogP contribution in [0.4, 0.5) is 5.13 Å². The van der Waals surface area contributed by atoms with Crippen molar-refractivity contribution in [2.24, 2.45) is 0 Å². The normalized spacial score (nSPS) is 10.5. The number of thiazole rings is 1. The molecule has 0 atom stereocenters. The molecule has 0 aliphatic rings.